The molecule has 3 N–H and O–H groups in total. The van der Waals surface area contributed by atoms with Crippen LogP contribution in [-0.4, -0.2) is 13.2 Å². The van der Waals surface area contributed by atoms with Crippen molar-refractivity contribution >= 4 is 5.69 Å². The van der Waals surface area contributed by atoms with Gasteiger partial charge in [0, 0.05) is 11.1 Å². The van der Waals surface area contributed by atoms with Crippen LogP contribution in [0.5, 0.6) is 11.5 Å². The van der Waals surface area contributed by atoms with Crippen LogP contribution >= 0.6 is 0 Å². The first-order valence-corrected chi connectivity index (χ1v) is 6.20. The van der Waals surface area contributed by atoms with Crippen LogP contribution in [0.4, 0.5) is 5.69 Å². The van der Waals surface area contributed by atoms with Gasteiger partial charge in [-0.15, -0.1) is 0 Å². The summed E-state index contributed by atoms with van der Waals surface area (Å²) in [5.41, 5.74) is 6.04. The Morgan fingerprint density at radius 1 is 1.06 bits per heavy atom. The molecule has 2 aliphatic heterocycles. The second kappa shape index (κ2) is 4.39. The molecular formula is C13H15N3O2. The number of hydrazine groups is 1. The van der Waals surface area contributed by atoms with Gasteiger partial charge in [-0.1, -0.05) is 0 Å². The zero-order valence-electron chi connectivity index (χ0n) is 10.1. The van der Waals surface area contributed by atoms with Gasteiger partial charge in [0.2, 0.25) is 0 Å². The fraction of sp³-hybridized carbons (Fsp3) is 0.462. The lowest BCUT2D eigenvalue weighted by atomic mass is 9.92. The molecule has 0 amide bonds. The molecule has 94 valence electrons. The number of nitrogens with one attached hydrogen (secondary N) is 1. The topological polar surface area (TPSA) is 80.3 Å². The number of hydrogen-bond donors (Lipinski definition) is 2. The van der Waals surface area contributed by atoms with Gasteiger partial charge in [-0.05, 0) is 25.7 Å². The Labute approximate surface area is 105 Å². The molecule has 0 unspecified atom stereocenters. The zero-order valence-corrected chi connectivity index (χ0v) is 10.1. The number of nitrogens with two attached hydrogens (primary N) is 1. The fourth-order valence-corrected chi connectivity index (χ4v) is 2.72. The summed E-state index contributed by atoms with van der Waals surface area (Å²) >= 11 is 0. The van der Waals surface area contributed by atoms with Gasteiger partial charge in [0.05, 0.1) is 18.9 Å². The van der Waals surface area contributed by atoms with Gasteiger partial charge in [-0.3, -0.25) is 5.84 Å². The van der Waals surface area contributed by atoms with E-state index in [9.17, 15) is 5.26 Å². The lowest BCUT2D eigenvalue weighted by Gasteiger charge is -2.28. The van der Waals surface area contributed by atoms with Crippen LogP contribution in [-0.2, 0) is 12.8 Å². The highest BCUT2D eigenvalue weighted by molar-refractivity contribution is 5.75. The largest absolute Gasteiger partial charge is 0.492 e. The maximum atomic E-state index is 9.38. The quantitative estimate of drug-likeness (QED) is 0.579. The molecule has 0 spiro atoms. The molecule has 0 bridgehead atoms. The number of fused-ring (bicyclic) bond motifs is 2. The molecule has 0 saturated heterocycles. The number of nitrogen functional groups attached to an aromatic ring is 1. The fourth-order valence-electron chi connectivity index (χ4n) is 2.72. The molecular weight excluding hydrogens is 230 g/mol. The number of anilines is 1. The minimum atomic E-state index is 0.624. The number of hydrogen-bond acceptors (Lipinski definition) is 5. The SMILES string of the molecule is N#Cc1c2c(c(NN)c3c1OCCC3)OCCC2. The van der Waals surface area contributed by atoms with E-state index in [2.05, 4.69) is 11.5 Å². The molecule has 0 radical (unpaired) electrons. The Hall–Kier alpha value is -1.93. The summed E-state index contributed by atoms with van der Waals surface area (Å²) in [7, 11) is 0. The smallest absolute Gasteiger partial charge is 0.148 e. The third-order valence-corrected chi connectivity index (χ3v) is 3.50. The number of rotatable bonds is 1. The first kappa shape index (κ1) is 11.2. The van der Waals surface area contributed by atoms with E-state index < -0.39 is 0 Å². The van der Waals surface area contributed by atoms with E-state index in [0.29, 0.717) is 24.5 Å². The van der Waals surface area contributed by atoms with Crippen LogP contribution < -0.4 is 20.7 Å². The Kier molecular flexibility index (Phi) is 2.73. The van der Waals surface area contributed by atoms with Crippen LogP contribution in [0.15, 0.2) is 0 Å². The van der Waals surface area contributed by atoms with E-state index in [4.69, 9.17) is 15.3 Å². The van der Waals surface area contributed by atoms with E-state index in [1.807, 2.05) is 0 Å². The molecule has 1 aromatic rings. The van der Waals surface area contributed by atoms with E-state index >= 15 is 0 Å². The Balaban J connectivity index is 2.30. The molecule has 0 aromatic heterocycles. The van der Waals surface area contributed by atoms with E-state index in [1.54, 1.807) is 0 Å². The summed E-state index contributed by atoms with van der Waals surface area (Å²) in [5.74, 6) is 7.06. The third kappa shape index (κ3) is 1.50. The van der Waals surface area contributed by atoms with Gasteiger partial charge in [0.1, 0.15) is 23.1 Å². The Morgan fingerprint density at radius 3 is 2.39 bits per heavy atom. The van der Waals surface area contributed by atoms with Crippen LogP contribution in [0.3, 0.4) is 0 Å². The van der Waals surface area contributed by atoms with Crippen molar-refractivity contribution in [1.29, 1.82) is 5.26 Å². The van der Waals surface area contributed by atoms with Crippen molar-refractivity contribution in [2.75, 3.05) is 18.6 Å². The summed E-state index contributed by atoms with van der Waals surface area (Å²) in [5, 5.41) is 9.38. The van der Waals surface area contributed by atoms with E-state index in [-0.39, 0.29) is 0 Å². The predicted octanol–water partition coefficient (Wildman–Crippen LogP) is 1.49. The average molecular weight is 245 g/mol. The maximum Gasteiger partial charge on any atom is 0.148 e. The first-order chi connectivity index (χ1) is 8.86. The normalized spacial score (nSPS) is 16.7. The highest BCUT2D eigenvalue weighted by atomic mass is 16.5. The van der Waals surface area contributed by atoms with Gasteiger partial charge in [-0.25, -0.2) is 0 Å². The number of ether oxygens (including phenoxy) is 2. The first-order valence-electron chi connectivity index (χ1n) is 6.20. The minimum absolute atomic E-state index is 0.624. The molecule has 0 saturated carbocycles. The number of nitrogens with zero attached hydrogens (tertiary/aromatic N) is 1. The number of nitriles is 1. The van der Waals surface area contributed by atoms with Crippen LogP contribution in [0, 0.1) is 11.3 Å². The Bertz CT molecular complexity index is 497. The van der Waals surface area contributed by atoms with Crippen molar-refractivity contribution in [3.63, 3.8) is 0 Å². The molecule has 18 heavy (non-hydrogen) atoms. The van der Waals surface area contributed by atoms with Gasteiger partial charge in [-0.2, -0.15) is 5.26 Å². The van der Waals surface area contributed by atoms with Crippen molar-refractivity contribution in [2.45, 2.75) is 25.7 Å². The molecule has 0 atom stereocenters. The summed E-state index contributed by atoms with van der Waals surface area (Å²) < 4.78 is 11.4. The van der Waals surface area contributed by atoms with Gasteiger partial charge in [0.15, 0.2) is 0 Å². The van der Waals surface area contributed by atoms with Crippen LogP contribution in [0.1, 0.15) is 29.5 Å². The lowest BCUT2D eigenvalue weighted by Crippen LogP contribution is -2.21. The maximum absolute atomic E-state index is 9.38. The highest BCUT2D eigenvalue weighted by Crippen LogP contribution is 2.45. The van der Waals surface area contributed by atoms with E-state index in [0.717, 1.165) is 48.2 Å². The van der Waals surface area contributed by atoms with Crippen LogP contribution in [0.25, 0.3) is 0 Å². The van der Waals surface area contributed by atoms with Crippen LogP contribution in [0.2, 0.25) is 0 Å². The molecule has 0 fully saturated rings. The molecule has 5 nitrogen and oxygen atoms in total. The van der Waals surface area contributed by atoms with E-state index in [1.165, 1.54) is 0 Å². The second-order valence-corrected chi connectivity index (χ2v) is 4.53. The monoisotopic (exact) mass is 245 g/mol. The summed E-state index contributed by atoms with van der Waals surface area (Å²) in [6.07, 6.45) is 3.56. The van der Waals surface area contributed by atoms with Gasteiger partial charge < -0.3 is 14.9 Å². The summed E-state index contributed by atoms with van der Waals surface area (Å²) in [6.45, 7) is 1.33. The molecule has 1 aromatic carbocycles. The lowest BCUT2D eigenvalue weighted by molar-refractivity contribution is 0.273. The summed E-state index contributed by atoms with van der Waals surface area (Å²) in [6, 6.07) is 2.26. The molecule has 5 heteroatoms. The second-order valence-electron chi connectivity index (χ2n) is 4.53. The minimum Gasteiger partial charge on any atom is -0.492 e. The van der Waals surface area contributed by atoms with Crippen molar-refractivity contribution < 1.29 is 9.47 Å². The van der Waals surface area contributed by atoms with Gasteiger partial charge >= 0.3 is 0 Å². The average Bonchev–Trinajstić information content (AvgIpc) is 2.44. The van der Waals surface area contributed by atoms with Crippen molar-refractivity contribution in [3.8, 4) is 17.6 Å². The predicted molar refractivity (Wildman–Crippen MR) is 66.6 cm³/mol. The molecule has 2 aliphatic rings. The zero-order chi connectivity index (χ0) is 12.5. The highest BCUT2D eigenvalue weighted by Gasteiger charge is 2.28. The number of benzene rings is 1. The van der Waals surface area contributed by atoms with Crippen molar-refractivity contribution in [3.05, 3.63) is 16.7 Å². The molecule has 2 heterocycles. The summed E-state index contributed by atoms with van der Waals surface area (Å²) in [4.78, 5) is 0. The Morgan fingerprint density at radius 2 is 1.72 bits per heavy atom. The standard InChI is InChI=1S/C13H15N3O2/c14-7-10-8-3-1-6-18-13(8)11(16-15)9-4-2-5-17-12(9)10/h16H,1-6,15H2. The molecule has 0 aliphatic carbocycles. The molecule has 3 rings (SSSR count). The van der Waals surface area contributed by atoms with Gasteiger partial charge in [0.25, 0.3) is 0 Å². The van der Waals surface area contributed by atoms with Crippen molar-refractivity contribution in [2.24, 2.45) is 5.84 Å². The van der Waals surface area contributed by atoms with Crippen molar-refractivity contribution in [1.82, 2.24) is 0 Å². The third-order valence-electron chi connectivity index (χ3n) is 3.50.